The molecule has 0 fully saturated rings. The van der Waals surface area contributed by atoms with Crippen molar-refractivity contribution in [1.82, 2.24) is 16.0 Å². The van der Waals surface area contributed by atoms with Crippen molar-refractivity contribution in [3.8, 4) is 5.75 Å². The summed E-state index contributed by atoms with van der Waals surface area (Å²) in [6, 6.07) is -0.229. The summed E-state index contributed by atoms with van der Waals surface area (Å²) >= 11 is 0. The molecular formula is C20H30N4O9. The minimum atomic E-state index is -1.69. The number of aromatic hydroxyl groups is 1. The van der Waals surface area contributed by atoms with E-state index >= 15 is 0 Å². The van der Waals surface area contributed by atoms with Crippen molar-refractivity contribution in [2.75, 3.05) is 6.61 Å². The van der Waals surface area contributed by atoms with Crippen LogP contribution < -0.4 is 21.7 Å². The normalized spacial score (nSPS) is 16.4. The lowest BCUT2D eigenvalue weighted by molar-refractivity contribution is -0.146. The number of aliphatic hydroxyl groups is 3. The van der Waals surface area contributed by atoms with E-state index in [1.807, 2.05) is 5.32 Å². The first-order chi connectivity index (χ1) is 15.4. The van der Waals surface area contributed by atoms with E-state index in [0.29, 0.717) is 5.56 Å². The first-order valence-corrected chi connectivity index (χ1v) is 10.0. The molecule has 3 amide bonds. The molecule has 0 bridgehead atoms. The lowest BCUT2D eigenvalue weighted by Gasteiger charge is -2.27. The number of carbonyl (C=O) groups excluding carboxylic acids is 3. The van der Waals surface area contributed by atoms with Crippen LogP contribution in [0.4, 0.5) is 0 Å². The van der Waals surface area contributed by atoms with Crippen molar-refractivity contribution in [2.24, 2.45) is 5.73 Å². The van der Waals surface area contributed by atoms with Crippen molar-refractivity contribution in [1.29, 1.82) is 0 Å². The predicted molar refractivity (Wildman–Crippen MR) is 114 cm³/mol. The van der Waals surface area contributed by atoms with Crippen LogP contribution in [0.2, 0.25) is 0 Å². The van der Waals surface area contributed by atoms with Crippen LogP contribution in [0.25, 0.3) is 0 Å². The van der Waals surface area contributed by atoms with Crippen LogP contribution in [0, 0.1) is 0 Å². The molecule has 184 valence electrons. The molecule has 0 saturated carbocycles. The molecule has 0 aliphatic heterocycles. The maximum Gasteiger partial charge on any atom is 0.328 e. The number of aliphatic carboxylic acids is 1. The van der Waals surface area contributed by atoms with Crippen LogP contribution in [-0.4, -0.2) is 92.2 Å². The van der Waals surface area contributed by atoms with Gasteiger partial charge in [0, 0.05) is 6.42 Å². The summed E-state index contributed by atoms with van der Waals surface area (Å²) in [5.74, 6) is -4.39. The van der Waals surface area contributed by atoms with Gasteiger partial charge < -0.3 is 47.2 Å². The molecule has 13 nitrogen and oxygen atoms in total. The van der Waals surface area contributed by atoms with Crippen molar-refractivity contribution in [3.05, 3.63) is 29.8 Å². The molecule has 0 aliphatic rings. The molecule has 1 rings (SSSR count). The molecule has 0 radical (unpaired) electrons. The molecule has 6 atom stereocenters. The fourth-order valence-corrected chi connectivity index (χ4v) is 2.73. The zero-order valence-corrected chi connectivity index (χ0v) is 18.1. The molecule has 1 aromatic rings. The Morgan fingerprint density at radius 3 is 1.85 bits per heavy atom. The van der Waals surface area contributed by atoms with E-state index in [0.717, 1.165) is 6.92 Å². The Bertz CT molecular complexity index is 829. The van der Waals surface area contributed by atoms with Gasteiger partial charge in [0.15, 0.2) is 6.04 Å². The summed E-state index contributed by atoms with van der Waals surface area (Å²) in [5, 5.41) is 53.8. The molecule has 6 unspecified atom stereocenters. The van der Waals surface area contributed by atoms with E-state index in [2.05, 4.69) is 10.6 Å². The summed E-state index contributed by atoms with van der Waals surface area (Å²) in [6.45, 7) is 1.63. The van der Waals surface area contributed by atoms with Gasteiger partial charge in [-0.05, 0) is 31.5 Å². The highest BCUT2D eigenvalue weighted by Crippen LogP contribution is 2.12. The Morgan fingerprint density at radius 1 is 0.879 bits per heavy atom. The van der Waals surface area contributed by atoms with Crippen LogP contribution in [0.15, 0.2) is 24.3 Å². The molecule has 10 N–H and O–H groups in total. The molecule has 0 heterocycles. The van der Waals surface area contributed by atoms with Crippen LogP contribution in [0.3, 0.4) is 0 Å². The second kappa shape index (κ2) is 12.7. The highest BCUT2D eigenvalue weighted by molar-refractivity contribution is 5.94. The van der Waals surface area contributed by atoms with E-state index in [4.69, 9.17) is 15.9 Å². The highest BCUT2D eigenvalue weighted by Gasteiger charge is 2.34. The van der Waals surface area contributed by atoms with Gasteiger partial charge in [-0.2, -0.15) is 0 Å². The molecule has 0 spiro atoms. The minimum Gasteiger partial charge on any atom is -0.508 e. The standard InChI is InChI=1S/C20H30N4O9/c1-9(26)15(19(31)24-16(10(2)27)20(32)33)23-18(30)14(22-17(29)13(21)8-25)7-11-3-5-12(28)6-4-11/h3-6,9-10,13-16,25-28H,7-8,21H2,1-2H3,(H,22,29)(H,23,30)(H,24,31)(H,32,33). The van der Waals surface area contributed by atoms with Crippen molar-refractivity contribution < 1.29 is 44.7 Å². The Labute approximate surface area is 189 Å². The largest absolute Gasteiger partial charge is 0.508 e. The number of benzene rings is 1. The van der Waals surface area contributed by atoms with E-state index in [1.165, 1.54) is 31.2 Å². The van der Waals surface area contributed by atoms with Gasteiger partial charge in [-0.25, -0.2) is 4.79 Å². The SMILES string of the molecule is CC(O)C(NC(=O)C(NC(=O)C(Cc1ccc(O)cc1)NC(=O)C(N)CO)C(C)O)C(=O)O. The average Bonchev–Trinajstić information content (AvgIpc) is 2.74. The Balaban J connectivity index is 3.08. The number of carbonyl (C=O) groups is 4. The zero-order chi connectivity index (χ0) is 25.3. The van der Waals surface area contributed by atoms with Gasteiger partial charge in [-0.1, -0.05) is 12.1 Å². The number of phenolic OH excluding ortho intramolecular Hbond substituents is 1. The van der Waals surface area contributed by atoms with Gasteiger partial charge in [-0.15, -0.1) is 0 Å². The van der Waals surface area contributed by atoms with E-state index in [-0.39, 0.29) is 12.2 Å². The van der Waals surface area contributed by atoms with Gasteiger partial charge in [0.25, 0.3) is 0 Å². The Kier molecular flexibility index (Phi) is 10.7. The van der Waals surface area contributed by atoms with Gasteiger partial charge in [-0.3, -0.25) is 14.4 Å². The van der Waals surface area contributed by atoms with Crippen LogP contribution in [0.5, 0.6) is 5.75 Å². The summed E-state index contributed by atoms with van der Waals surface area (Å²) in [6.07, 6.45) is -3.03. The third kappa shape index (κ3) is 8.65. The van der Waals surface area contributed by atoms with Crippen molar-refractivity contribution in [2.45, 2.75) is 56.6 Å². The smallest absolute Gasteiger partial charge is 0.328 e. The first kappa shape index (κ1) is 27.8. The third-order valence-electron chi connectivity index (χ3n) is 4.65. The first-order valence-electron chi connectivity index (χ1n) is 10.0. The van der Waals surface area contributed by atoms with E-state index < -0.39 is 66.7 Å². The number of rotatable bonds is 12. The number of hydrogen-bond donors (Lipinski definition) is 9. The number of nitrogens with two attached hydrogens (primary N) is 1. The number of carboxylic acids is 1. The zero-order valence-electron chi connectivity index (χ0n) is 18.1. The number of hydrogen-bond acceptors (Lipinski definition) is 9. The highest BCUT2D eigenvalue weighted by atomic mass is 16.4. The Hall–Kier alpha value is -3.26. The molecule has 33 heavy (non-hydrogen) atoms. The molecular weight excluding hydrogens is 440 g/mol. The van der Waals surface area contributed by atoms with E-state index in [1.54, 1.807) is 0 Å². The second-order valence-electron chi connectivity index (χ2n) is 7.51. The lowest BCUT2D eigenvalue weighted by Crippen LogP contribution is -2.61. The summed E-state index contributed by atoms with van der Waals surface area (Å²) in [5.41, 5.74) is 5.99. The average molecular weight is 470 g/mol. The predicted octanol–water partition coefficient (Wildman–Crippen LogP) is -3.45. The molecule has 1 aromatic carbocycles. The Morgan fingerprint density at radius 2 is 1.39 bits per heavy atom. The van der Waals surface area contributed by atoms with Crippen LogP contribution in [0.1, 0.15) is 19.4 Å². The number of phenols is 1. The van der Waals surface area contributed by atoms with Gasteiger partial charge in [0.05, 0.1) is 18.8 Å². The fraction of sp³-hybridized carbons (Fsp3) is 0.500. The summed E-state index contributed by atoms with van der Waals surface area (Å²) in [7, 11) is 0. The monoisotopic (exact) mass is 470 g/mol. The van der Waals surface area contributed by atoms with Gasteiger partial charge >= 0.3 is 5.97 Å². The third-order valence-corrected chi connectivity index (χ3v) is 4.65. The van der Waals surface area contributed by atoms with Gasteiger partial charge in [0.1, 0.15) is 23.9 Å². The maximum atomic E-state index is 12.9. The summed E-state index contributed by atoms with van der Waals surface area (Å²) in [4.78, 5) is 48.8. The molecule has 0 saturated heterocycles. The van der Waals surface area contributed by atoms with Crippen LogP contribution in [-0.2, 0) is 25.6 Å². The quantitative estimate of drug-likeness (QED) is 0.147. The molecule has 0 aliphatic carbocycles. The van der Waals surface area contributed by atoms with Crippen LogP contribution >= 0.6 is 0 Å². The maximum absolute atomic E-state index is 12.9. The fourth-order valence-electron chi connectivity index (χ4n) is 2.73. The van der Waals surface area contributed by atoms with E-state index in [9.17, 15) is 34.5 Å². The topological polar surface area (TPSA) is 232 Å². The minimum absolute atomic E-state index is 0.0250. The number of amides is 3. The number of nitrogens with one attached hydrogen (secondary N) is 3. The van der Waals surface area contributed by atoms with Crippen molar-refractivity contribution >= 4 is 23.7 Å². The van der Waals surface area contributed by atoms with Crippen molar-refractivity contribution in [3.63, 3.8) is 0 Å². The lowest BCUT2D eigenvalue weighted by atomic mass is 10.0. The summed E-state index contributed by atoms with van der Waals surface area (Å²) < 4.78 is 0. The second-order valence-corrected chi connectivity index (χ2v) is 7.51. The number of aliphatic hydroxyl groups excluding tert-OH is 3. The molecule has 13 heteroatoms. The molecule has 0 aromatic heterocycles. The van der Waals surface area contributed by atoms with Gasteiger partial charge in [0.2, 0.25) is 17.7 Å². The number of carboxylic acid groups (broad SMARTS) is 1.